The number of carbonyl (C=O) groups excluding carboxylic acids is 1. The van der Waals surface area contributed by atoms with E-state index in [0.717, 1.165) is 55.1 Å². The molecule has 7 nitrogen and oxygen atoms in total. The minimum absolute atomic E-state index is 0.0392. The highest BCUT2D eigenvalue weighted by Crippen LogP contribution is 2.17. The van der Waals surface area contributed by atoms with Gasteiger partial charge in [0.2, 0.25) is 5.91 Å². The first-order valence-electron chi connectivity index (χ1n) is 8.41. The summed E-state index contributed by atoms with van der Waals surface area (Å²) >= 11 is 1.41. The molecule has 8 heteroatoms. The number of benzene rings is 1. The summed E-state index contributed by atoms with van der Waals surface area (Å²) in [5.74, 6) is 1.21. The summed E-state index contributed by atoms with van der Waals surface area (Å²) in [5, 5.41) is 12.2. The fourth-order valence-electron chi connectivity index (χ4n) is 2.71. The molecular weight excluding hydrogens is 338 g/mol. The number of quaternary nitrogens is 1. The van der Waals surface area contributed by atoms with Crippen LogP contribution in [0.1, 0.15) is 11.4 Å². The zero-order valence-electron chi connectivity index (χ0n) is 14.6. The van der Waals surface area contributed by atoms with E-state index in [0.29, 0.717) is 5.75 Å². The predicted molar refractivity (Wildman–Crippen MR) is 96.8 cm³/mol. The number of aryl methyl sites for hydroxylation is 1. The van der Waals surface area contributed by atoms with E-state index < -0.39 is 0 Å². The lowest BCUT2D eigenvalue weighted by molar-refractivity contribution is -0.922. The Morgan fingerprint density at radius 3 is 2.84 bits per heavy atom. The van der Waals surface area contributed by atoms with Gasteiger partial charge in [0.15, 0.2) is 11.0 Å². The van der Waals surface area contributed by atoms with Gasteiger partial charge in [-0.05, 0) is 18.6 Å². The largest absolute Gasteiger partial charge is 0.370 e. The molecule has 2 aromatic rings. The molecule has 1 saturated heterocycles. The monoisotopic (exact) mass is 362 g/mol. The minimum atomic E-state index is -0.0392. The van der Waals surface area contributed by atoms with Crippen LogP contribution < -0.4 is 10.2 Å². The number of carbonyl (C=O) groups is 1. The van der Waals surface area contributed by atoms with Gasteiger partial charge in [0.05, 0.1) is 19.0 Å². The van der Waals surface area contributed by atoms with Gasteiger partial charge in [-0.15, -0.1) is 10.2 Å². The Morgan fingerprint density at radius 2 is 2.08 bits per heavy atom. The second-order valence-corrected chi connectivity index (χ2v) is 7.09. The van der Waals surface area contributed by atoms with Crippen molar-refractivity contribution in [2.75, 3.05) is 37.4 Å². The molecule has 2 heterocycles. The van der Waals surface area contributed by atoms with Crippen molar-refractivity contribution in [1.82, 2.24) is 14.8 Å². The number of ether oxygens (including phenoxy) is 1. The summed E-state index contributed by atoms with van der Waals surface area (Å²) in [6.07, 6.45) is 0. The van der Waals surface area contributed by atoms with Crippen LogP contribution in [0.5, 0.6) is 0 Å². The molecule has 0 atom stereocenters. The number of para-hydroxylation sites is 1. The quantitative estimate of drug-likeness (QED) is 0.722. The molecule has 134 valence electrons. The van der Waals surface area contributed by atoms with E-state index in [1.165, 1.54) is 16.7 Å². The summed E-state index contributed by atoms with van der Waals surface area (Å²) in [7, 11) is 1.96. The van der Waals surface area contributed by atoms with Gasteiger partial charge in [0.25, 0.3) is 0 Å². The lowest BCUT2D eigenvalue weighted by atomic mass is 10.2. The smallest absolute Gasteiger partial charge is 0.234 e. The molecule has 1 aliphatic rings. The van der Waals surface area contributed by atoms with Crippen LogP contribution in [-0.4, -0.2) is 52.7 Å². The molecule has 2 N–H and O–H groups in total. The van der Waals surface area contributed by atoms with E-state index in [1.807, 2.05) is 42.8 Å². The van der Waals surface area contributed by atoms with Crippen LogP contribution in [0.3, 0.4) is 0 Å². The van der Waals surface area contributed by atoms with Crippen LogP contribution in [0.2, 0.25) is 0 Å². The predicted octanol–water partition coefficient (Wildman–Crippen LogP) is 0.269. The lowest BCUT2D eigenvalue weighted by Gasteiger charge is -2.23. The topological polar surface area (TPSA) is 73.5 Å². The summed E-state index contributed by atoms with van der Waals surface area (Å²) in [6.45, 7) is 6.40. The standard InChI is InChI=1S/C17H23N5O2S/c1-13-5-3-4-6-14(13)18-16(23)12-25-17-20-19-15(21(17)2)11-22-7-9-24-10-8-22/h3-6H,7-12H2,1-2H3,(H,18,23)/p+1. The first-order chi connectivity index (χ1) is 12.1. The van der Waals surface area contributed by atoms with Crippen molar-refractivity contribution in [2.45, 2.75) is 18.6 Å². The van der Waals surface area contributed by atoms with E-state index in [9.17, 15) is 4.79 Å². The molecule has 0 bridgehead atoms. The molecule has 0 spiro atoms. The molecule has 0 saturated carbocycles. The summed E-state index contributed by atoms with van der Waals surface area (Å²) in [4.78, 5) is 13.6. The highest BCUT2D eigenvalue weighted by Gasteiger charge is 2.19. The number of aromatic nitrogens is 3. The fourth-order valence-corrected chi connectivity index (χ4v) is 3.44. The van der Waals surface area contributed by atoms with Crippen molar-refractivity contribution < 1.29 is 14.4 Å². The van der Waals surface area contributed by atoms with E-state index in [1.54, 1.807) is 0 Å². The lowest BCUT2D eigenvalue weighted by Crippen LogP contribution is -3.12. The second kappa shape index (κ2) is 8.46. The number of amides is 1. The maximum atomic E-state index is 12.2. The van der Waals surface area contributed by atoms with Gasteiger partial charge in [0, 0.05) is 12.7 Å². The first-order valence-corrected chi connectivity index (χ1v) is 9.40. The Hall–Kier alpha value is -1.90. The third kappa shape index (κ3) is 4.81. The molecule has 3 rings (SSSR count). The maximum absolute atomic E-state index is 12.2. The molecule has 0 radical (unpaired) electrons. The summed E-state index contributed by atoms with van der Waals surface area (Å²) in [6, 6.07) is 7.76. The number of thioether (sulfide) groups is 1. The van der Waals surface area contributed by atoms with Gasteiger partial charge < -0.3 is 19.5 Å². The molecule has 0 aliphatic carbocycles. The zero-order chi connectivity index (χ0) is 17.6. The molecule has 1 aromatic carbocycles. The maximum Gasteiger partial charge on any atom is 0.234 e. The van der Waals surface area contributed by atoms with Gasteiger partial charge in [-0.2, -0.15) is 0 Å². The van der Waals surface area contributed by atoms with Gasteiger partial charge in [0.1, 0.15) is 19.6 Å². The van der Waals surface area contributed by atoms with Crippen molar-refractivity contribution in [1.29, 1.82) is 0 Å². The zero-order valence-corrected chi connectivity index (χ0v) is 15.4. The first kappa shape index (κ1) is 17.9. The van der Waals surface area contributed by atoms with E-state index >= 15 is 0 Å². The van der Waals surface area contributed by atoms with Crippen LogP contribution in [0.4, 0.5) is 5.69 Å². The van der Waals surface area contributed by atoms with Crippen molar-refractivity contribution in [3.63, 3.8) is 0 Å². The molecule has 1 fully saturated rings. The van der Waals surface area contributed by atoms with E-state index in [2.05, 4.69) is 15.5 Å². The third-order valence-electron chi connectivity index (χ3n) is 4.28. The molecule has 0 unspecified atom stereocenters. The van der Waals surface area contributed by atoms with Crippen LogP contribution in [-0.2, 0) is 23.1 Å². The van der Waals surface area contributed by atoms with Crippen molar-refractivity contribution in [3.05, 3.63) is 35.7 Å². The number of hydrogen-bond acceptors (Lipinski definition) is 5. The van der Waals surface area contributed by atoms with E-state index in [4.69, 9.17) is 4.74 Å². The van der Waals surface area contributed by atoms with Crippen LogP contribution in [0.25, 0.3) is 0 Å². The SMILES string of the molecule is Cc1ccccc1NC(=O)CSc1nnc(C[NH+]2CCOCC2)n1C. The Labute approximate surface area is 151 Å². The van der Waals surface area contributed by atoms with E-state index in [-0.39, 0.29) is 5.91 Å². The highest BCUT2D eigenvalue weighted by molar-refractivity contribution is 7.99. The average Bonchev–Trinajstić information content (AvgIpc) is 2.96. The van der Waals surface area contributed by atoms with Crippen molar-refractivity contribution >= 4 is 23.4 Å². The number of morpholine rings is 1. The van der Waals surface area contributed by atoms with Crippen molar-refractivity contribution in [3.8, 4) is 0 Å². The Bertz CT molecular complexity index is 728. The second-order valence-electron chi connectivity index (χ2n) is 6.15. The number of rotatable bonds is 6. The average molecular weight is 362 g/mol. The van der Waals surface area contributed by atoms with Gasteiger partial charge in [-0.25, -0.2) is 0 Å². The normalized spacial score (nSPS) is 15.3. The molecule has 1 aliphatic heterocycles. The third-order valence-corrected chi connectivity index (χ3v) is 5.30. The molecule has 1 aromatic heterocycles. The van der Waals surface area contributed by atoms with Gasteiger partial charge in [-0.3, -0.25) is 4.79 Å². The number of anilines is 1. The fraction of sp³-hybridized carbons (Fsp3) is 0.471. The summed E-state index contributed by atoms with van der Waals surface area (Å²) in [5.41, 5.74) is 1.90. The molecular formula is C17H24N5O2S+. The minimum Gasteiger partial charge on any atom is -0.370 e. The Balaban J connectivity index is 1.53. The number of nitrogens with one attached hydrogen (secondary N) is 2. The number of nitrogens with zero attached hydrogens (tertiary/aromatic N) is 3. The molecule has 25 heavy (non-hydrogen) atoms. The van der Waals surface area contributed by atoms with Gasteiger partial charge in [-0.1, -0.05) is 30.0 Å². The van der Waals surface area contributed by atoms with Crippen LogP contribution in [0, 0.1) is 6.92 Å². The van der Waals surface area contributed by atoms with Gasteiger partial charge >= 0.3 is 0 Å². The van der Waals surface area contributed by atoms with Crippen LogP contribution in [0.15, 0.2) is 29.4 Å². The Kier molecular flexibility index (Phi) is 6.06. The Morgan fingerprint density at radius 1 is 1.32 bits per heavy atom. The number of hydrogen-bond donors (Lipinski definition) is 2. The van der Waals surface area contributed by atoms with Crippen molar-refractivity contribution in [2.24, 2.45) is 7.05 Å². The van der Waals surface area contributed by atoms with Crippen LogP contribution >= 0.6 is 11.8 Å². The summed E-state index contributed by atoms with van der Waals surface area (Å²) < 4.78 is 7.36. The molecule has 1 amide bonds. The highest BCUT2D eigenvalue weighted by atomic mass is 32.2.